The summed E-state index contributed by atoms with van der Waals surface area (Å²) in [6.07, 6.45) is 3.73. The third-order valence-electron chi connectivity index (χ3n) is 3.42. The van der Waals surface area contributed by atoms with Crippen molar-refractivity contribution in [2.45, 2.75) is 38.8 Å². The van der Waals surface area contributed by atoms with Gasteiger partial charge in [0.05, 0.1) is 18.8 Å². The van der Waals surface area contributed by atoms with Gasteiger partial charge in [0.2, 0.25) is 5.91 Å². The van der Waals surface area contributed by atoms with Gasteiger partial charge in [-0.2, -0.15) is 0 Å². The molecule has 0 aliphatic carbocycles. The molecule has 1 N–H and O–H groups in total. The zero-order valence-electron chi connectivity index (χ0n) is 11.5. The van der Waals surface area contributed by atoms with Gasteiger partial charge in [0.15, 0.2) is 5.13 Å². The minimum atomic E-state index is -0.0955. The van der Waals surface area contributed by atoms with Crippen LogP contribution in [-0.2, 0) is 9.53 Å². The molecule has 0 radical (unpaired) electrons. The van der Waals surface area contributed by atoms with E-state index in [2.05, 4.69) is 22.1 Å². The van der Waals surface area contributed by atoms with Gasteiger partial charge in [0, 0.05) is 24.7 Å². The summed E-state index contributed by atoms with van der Waals surface area (Å²) in [6, 6.07) is -0.0955. The van der Waals surface area contributed by atoms with Gasteiger partial charge in [0.25, 0.3) is 0 Å². The molecule has 5 nitrogen and oxygen atoms in total. The van der Waals surface area contributed by atoms with Gasteiger partial charge in [-0.05, 0) is 12.8 Å². The fraction of sp³-hybridized carbons (Fsp3) is 0.692. The second kappa shape index (κ2) is 6.98. The van der Waals surface area contributed by atoms with E-state index in [1.165, 1.54) is 11.3 Å². The first-order valence-electron chi connectivity index (χ1n) is 6.80. The largest absolute Gasteiger partial charge is 0.376 e. The molecule has 106 valence electrons. The molecule has 1 aliphatic rings. The van der Waals surface area contributed by atoms with Crippen LogP contribution in [0.2, 0.25) is 0 Å². The summed E-state index contributed by atoms with van der Waals surface area (Å²) >= 11 is 1.44. The zero-order valence-corrected chi connectivity index (χ0v) is 12.3. The van der Waals surface area contributed by atoms with Crippen molar-refractivity contribution in [3.63, 3.8) is 0 Å². The van der Waals surface area contributed by atoms with Crippen LogP contribution in [0.5, 0.6) is 0 Å². The minimum Gasteiger partial charge on any atom is -0.376 e. The highest BCUT2D eigenvalue weighted by atomic mass is 32.1. The molecule has 6 heteroatoms. The number of amides is 1. The lowest BCUT2D eigenvalue weighted by molar-refractivity contribution is -0.125. The van der Waals surface area contributed by atoms with Gasteiger partial charge >= 0.3 is 0 Å². The van der Waals surface area contributed by atoms with E-state index in [4.69, 9.17) is 4.74 Å². The van der Waals surface area contributed by atoms with Crippen molar-refractivity contribution in [1.29, 1.82) is 0 Å². The Hall–Kier alpha value is -0.980. The van der Waals surface area contributed by atoms with Gasteiger partial charge in [-0.1, -0.05) is 13.8 Å². The predicted molar refractivity (Wildman–Crippen MR) is 76.4 cm³/mol. The molecule has 0 bridgehead atoms. The Morgan fingerprint density at radius 1 is 1.68 bits per heavy atom. The summed E-state index contributed by atoms with van der Waals surface area (Å²) in [5.74, 6) is 0.0363. The average Bonchev–Trinajstić information content (AvgIpc) is 2.92. The van der Waals surface area contributed by atoms with E-state index in [1.54, 1.807) is 6.20 Å². The summed E-state index contributed by atoms with van der Waals surface area (Å²) in [4.78, 5) is 18.6. The minimum absolute atomic E-state index is 0.0363. The molecule has 1 aliphatic heterocycles. The van der Waals surface area contributed by atoms with Crippen molar-refractivity contribution in [2.24, 2.45) is 0 Å². The van der Waals surface area contributed by atoms with Crippen molar-refractivity contribution in [2.75, 3.05) is 25.0 Å². The number of thiazole rings is 1. The van der Waals surface area contributed by atoms with Gasteiger partial charge < -0.3 is 10.1 Å². The van der Waals surface area contributed by atoms with Gasteiger partial charge in [0.1, 0.15) is 0 Å². The third-order valence-corrected chi connectivity index (χ3v) is 4.11. The lowest BCUT2D eigenvalue weighted by atomic mass is 10.1. The first-order chi connectivity index (χ1) is 9.24. The molecule has 1 aromatic heterocycles. The summed E-state index contributed by atoms with van der Waals surface area (Å²) < 4.78 is 5.65. The quantitative estimate of drug-likeness (QED) is 0.897. The Labute approximate surface area is 118 Å². The maximum Gasteiger partial charge on any atom is 0.243 e. The van der Waals surface area contributed by atoms with Crippen molar-refractivity contribution in [3.8, 4) is 0 Å². The molecule has 0 spiro atoms. The lowest BCUT2D eigenvalue weighted by Gasteiger charge is -2.36. The van der Waals surface area contributed by atoms with E-state index < -0.39 is 0 Å². The second-order valence-corrected chi connectivity index (χ2v) is 5.54. The number of nitrogens with one attached hydrogen (secondary N) is 1. The summed E-state index contributed by atoms with van der Waals surface area (Å²) in [5, 5.41) is 5.42. The van der Waals surface area contributed by atoms with Crippen LogP contribution in [0.25, 0.3) is 0 Å². The van der Waals surface area contributed by atoms with E-state index in [-0.39, 0.29) is 18.1 Å². The Kier molecular flexibility index (Phi) is 5.30. The molecule has 1 aromatic rings. The first kappa shape index (κ1) is 14.4. The van der Waals surface area contributed by atoms with E-state index in [0.29, 0.717) is 11.7 Å². The molecule has 0 saturated carbocycles. The van der Waals surface area contributed by atoms with E-state index in [1.807, 2.05) is 12.3 Å². The second-order valence-electron chi connectivity index (χ2n) is 4.65. The van der Waals surface area contributed by atoms with E-state index in [9.17, 15) is 4.79 Å². The molecule has 19 heavy (non-hydrogen) atoms. The molecule has 0 aromatic carbocycles. The molecule has 0 unspecified atom stereocenters. The first-order valence-corrected chi connectivity index (χ1v) is 7.68. The highest BCUT2D eigenvalue weighted by Crippen LogP contribution is 2.16. The number of rotatable bonds is 5. The van der Waals surface area contributed by atoms with Crippen LogP contribution >= 0.6 is 11.3 Å². The number of nitrogens with zero attached hydrogens (tertiary/aromatic N) is 2. The third kappa shape index (κ3) is 3.75. The molecular formula is C13H21N3O2S. The van der Waals surface area contributed by atoms with Crippen LogP contribution in [-0.4, -0.2) is 47.6 Å². The fourth-order valence-corrected chi connectivity index (χ4v) is 2.89. The van der Waals surface area contributed by atoms with Crippen LogP contribution in [0.3, 0.4) is 0 Å². The van der Waals surface area contributed by atoms with Crippen LogP contribution in [0, 0.1) is 0 Å². The molecular weight excluding hydrogens is 262 g/mol. The van der Waals surface area contributed by atoms with Crippen LogP contribution in [0.15, 0.2) is 11.6 Å². The van der Waals surface area contributed by atoms with Crippen molar-refractivity contribution < 1.29 is 9.53 Å². The Bertz CT molecular complexity index is 397. The van der Waals surface area contributed by atoms with Gasteiger partial charge in [-0.15, -0.1) is 11.3 Å². The maximum absolute atomic E-state index is 12.3. The molecule has 2 heterocycles. The van der Waals surface area contributed by atoms with Crippen molar-refractivity contribution in [1.82, 2.24) is 9.88 Å². The predicted octanol–water partition coefficient (Wildman–Crippen LogP) is 1.97. The summed E-state index contributed by atoms with van der Waals surface area (Å²) in [5.41, 5.74) is 0. The number of ether oxygens (including phenoxy) is 1. The zero-order chi connectivity index (χ0) is 13.7. The number of morpholine rings is 1. The Morgan fingerprint density at radius 2 is 2.53 bits per heavy atom. The summed E-state index contributed by atoms with van der Waals surface area (Å²) in [7, 11) is 0. The number of anilines is 1. The normalized spacial score (nSPS) is 22.1. The standard InChI is InChI=1S/C13H21N3O2S/c1-3-10-9-16(6-7-18-10)11(4-2)12(17)15-13-14-5-8-19-13/h5,8,10-11H,3-4,6-7,9H2,1-2H3,(H,14,15,17)/t10-,11+/m0/s1. The smallest absolute Gasteiger partial charge is 0.243 e. The number of hydrogen-bond acceptors (Lipinski definition) is 5. The Balaban J connectivity index is 1.96. The molecule has 2 atom stereocenters. The summed E-state index contributed by atoms with van der Waals surface area (Å²) in [6.45, 7) is 6.52. The highest BCUT2D eigenvalue weighted by Gasteiger charge is 2.29. The molecule has 1 saturated heterocycles. The lowest BCUT2D eigenvalue weighted by Crippen LogP contribution is -2.51. The van der Waals surface area contributed by atoms with Crippen molar-refractivity contribution >= 4 is 22.4 Å². The molecule has 2 rings (SSSR count). The number of aromatic nitrogens is 1. The van der Waals surface area contributed by atoms with Gasteiger partial charge in [-0.3, -0.25) is 9.69 Å². The van der Waals surface area contributed by atoms with E-state index in [0.717, 1.165) is 25.9 Å². The molecule has 1 amide bonds. The van der Waals surface area contributed by atoms with Crippen molar-refractivity contribution in [3.05, 3.63) is 11.6 Å². The monoisotopic (exact) mass is 283 g/mol. The highest BCUT2D eigenvalue weighted by molar-refractivity contribution is 7.13. The fourth-order valence-electron chi connectivity index (χ4n) is 2.36. The number of carbonyl (C=O) groups is 1. The molecule has 1 fully saturated rings. The van der Waals surface area contributed by atoms with Gasteiger partial charge in [-0.25, -0.2) is 4.98 Å². The maximum atomic E-state index is 12.3. The SMILES string of the molecule is CC[C@H]1CN([C@H](CC)C(=O)Nc2nccs2)CCO1. The van der Waals surface area contributed by atoms with Crippen LogP contribution < -0.4 is 5.32 Å². The van der Waals surface area contributed by atoms with E-state index >= 15 is 0 Å². The average molecular weight is 283 g/mol. The number of carbonyl (C=O) groups excluding carboxylic acids is 1. The number of hydrogen-bond donors (Lipinski definition) is 1. The topological polar surface area (TPSA) is 54.5 Å². The Morgan fingerprint density at radius 3 is 3.16 bits per heavy atom. The van der Waals surface area contributed by atoms with Crippen LogP contribution in [0.4, 0.5) is 5.13 Å². The van der Waals surface area contributed by atoms with Crippen LogP contribution in [0.1, 0.15) is 26.7 Å².